The molecule has 1 aromatic carbocycles. The van der Waals surface area contributed by atoms with Crippen molar-refractivity contribution in [1.82, 2.24) is 15.0 Å². The topological polar surface area (TPSA) is 50.9 Å². The molecule has 4 nitrogen and oxygen atoms in total. The van der Waals surface area contributed by atoms with Crippen molar-refractivity contribution in [2.75, 3.05) is 0 Å². The number of hydrogen-bond donors (Lipinski definition) is 1. The fraction of sp³-hybridized carbons (Fsp3) is 0.333. The van der Waals surface area contributed by atoms with E-state index in [9.17, 15) is 13.2 Å². The molecule has 2 rings (SSSR count). The number of rotatable bonds is 3. The van der Waals surface area contributed by atoms with Gasteiger partial charge >= 0.3 is 6.18 Å². The van der Waals surface area contributed by atoms with E-state index in [0.29, 0.717) is 6.54 Å². The van der Waals surface area contributed by atoms with Gasteiger partial charge in [0.05, 0.1) is 12.7 Å². The lowest BCUT2D eigenvalue weighted by Crippen LogP contribution is -2.20. The van der Waals surface area contributed by atoms with Crippen LogP contribution in [0.1, 0.15) is 22.9 Å². The number of aromatic nitrogens is 3. The Kier molecular flexibility index (Phi) is 3.57. The molecular weight excluding hydrogens is 259 g/mol. The molecule has 1 aromatic heterocycles. The summed E-state index contributed by atoms with van der Waals surface area (Å²) >= 11 is 0. The first-order valence-electron chi connectivity index (χ1n) is 5.56. The number of aryl methyl sites for hydroxylation is 1. The van der Waals surface area contributed by atoms with Crippen LogP contribution in [-0.4, -0.2) is 26.3 Å². The predicted octanol–water partition coefficient (Wildman–Crippen LogP) is 2.23. The summed E-state index contributed by atoms with van der Waals surface area (Å²) in [6.45, 7) is 2.24. The number of alkyl halides is 3. The van der Waals surface area contributed by atoms with Gasteiger partial charge in [0.25, 0.3) is 0 Å². The fourth-order valence-electron chi connectivity index (χ4n) is 1.56. The van der Waals surface area contributed by atoms with Crippen LogP contribution in [0.3, 0.4) is 0 Å². The van der Waals surface area contributed by atoms with E-state index in [4.69, 9.17) is 5.11 Å². The molecule has 0 radical (unpaired) electrons. The van der Waals surface area contributed by atoms with E-state index >= 15 is 0 Å². The molecule has 0 saturated carbocycles. The maximum atomic E-state index is 12.3. The molecule has 7 heteroatoms. The highest BCUT2D eigenvalue weighted by molar-refractivity contribution is 5.21. The van der Waals surface area contributed by atoms with E-state index in [-0.39, 0.29) is 0 Å². The maximum absolute atomic E-state index is 12.3. The molecule has 0 saturated heterocycles. The minimum Gasteiger partial charge on any atom is -0.378 e. The van der Waals surface area contributed by atoms with Gasteiger partial charge in [0.1, 0.15) is 5.69 Å². The Labute approximate surface area is 107 Å². The van der Waals surface area contributed by atoms with Gasteiger partial charge in [-0.15, -0.1) is 5.10 Å². The molecule has 2 aromatic rings. The zero-order chi connectivity index (χ0) is 14.0. The van der Waals surface area contributed by atoms with Crippen LogP contribution in [0, 0.1) is 6.92 Å². The summed E-state index contributed by atoms with van der Waals surface area (Å²) in [6, 6.07) is 7.52. The van der Waals surface area contributed by atoms with E-state index in [1.165, 1.54) is 4.68 Å². The Morgan fingerprint density at radius 2 is 1.89 bits per heavy atom. The van der Waals surface area contributed by atoms with Gasteiger partial charge in [-0.05, 0) is 12.5 Å². The van der Waals surface area contributed by atoms with Crippen molar-refractivity contribution in [2.45, 2.75) is 25.7 Å². The maximum Gasteiger partial charge on any atom is 0.420 e. The largest absolute Gasteiger partial charge is 0.420 e. The molecule has 0 fully saturated rings. The van der Waals surface area contributed by atoms with Crippen molar-refractivity contribution in [1.29, 1.82) is 0 Å². The average molecular weight is 271 g/mol. The van der Waals surface area contributed by atoms with Crippen LogP contribution in [0.5, 0.6) is 0 Å². The molecule has 102 valence electrons. The number of nitrogens with zero attached hydrogens (tertiary/aromatic N) is 3. The highest BCUT2D eigenvalue weighted by Gasteiger charge is 2.41. The summed E-state index contributed by atoms with van der Waals surface area (Å²) in [5.74, 6) is 0. The van der Waals surface area contributed by atoms with Gasteiger partial charge in [-0.2, -0.15) is 13.2 Å². The van der Waals surface area contributed by atoms with Crippen LogP contribution >= 0.6 is 0 Å². The SMILES string of the molecule is Cc1ccc(Cn2cc([C@H](O)C(F)(F)F)nn2)cc1. The summed E-state index contributed by atoms with van der Waals surface area (Å²) in [4.78, 5) is 0. The number of aliphatic hydroxyl groups is 1. The summed E-state index contributed by atoms with van der Waals surface area (Å²) < 4.78 is 38.1. The Hall–Kier alpha value is -1.89. The van der Waals surface area contributed by atoms with Gasteiger partial charge < -0.3 is 5.11 Å². The standard InChI is InChI=1S/C12H12F3N3O/c1-8-2-4-9(5-3-8)6-18-7-10(16-17-18)11(19)12(13,14)15/h2-5,7,11,19H,6H2,1H3/t11-/m0/s1. The second-order valence-electron chi connectivity index (χ2n) is 4.27. The molecule has 19 heavy (non-hydrogen) atoms. The number of benzene rings is 1. The lowest BCUT2D eigenvalue weighted by atomic mass is 10.1. The third kappa shape index (κ3) is 3.31. The van der Waals surface area contributed by atoms with E-state index in [2.05, 4.69) is 10.3 Å². The first-order valence-corrected chi connectivity index (χ1v) is 5.56. The Morgan fingerprint density at radius 1 is 1.26 bits per heavy atom. The third-order valence-corrected chi connectivity index (χ3v) is 2.61. The molecule has 0 spiro atoms. The van der Waals surface area contributed by atoms with Crippen molar-refractivity contribution in [2.24, 2.45) is 0 Å². The Bertz CT molecular complexity index is 548. The van der Waals surface area contributed by atoms with E-state index in [1.54, 1.807) is 0 Å². The fourth-order valence-corrected chi connectivity index (χ4v) is 1.56. The normalized spacial score (nSPS) is 13.5. The van der Waals surface area contributed by atoms with E-state index in [0.717, 1.165) is 17.3 Å². The molecule has 1 heterocycles. The first-order chi connectivity index (χ1) is 8.86. The number of halogens is 3. The van der Waals surface area contributed by atoms with E-state index in [1.807, 2.05) is 31.2 Å². The van der Waals surface area contributed by atoms with Gasteiger partial charge in [0.2, 0.25) is 0 Å². The van der Waals surface area contributed by atoms with Crippen LogP contribution in [0.15, 0.2) is 30.5 Å². The molecule has 0 unspecified atom stereocenters. The van der Waals surface area contributed by atoms with Gasteiger partial charge in [-0.25, -0.2) is 4.68 Å². The highest BCUT2D eigenvalue weighted by atomic mass is 19.4. The van der Waals surface area contributed by atoms with Gasteiger partial charge in [-0.3, -0.25) is 0 Å². The van der Waals surface area contributed by atoms with Gasteiger partial charge in [0.15, 0.2) is 6.10 Å². The van der Waals surface area contributed by atoms with Gasteiger partial charge in [0, 0.05) is 0 Å². The second kappa shape index (κ2) is 5.00. The highest BCUT2D eigenvalue weighted by Crippen LogP contribution is 2.30. The van der Waals surface area contributed by atoms with E-state index < -0.39 is 18.0 Å². The average Bonchev–Trinajstić information content (AvgIpc) is 2.78. The molecule has 0 aliphatic carbocycles. The summed E-state index contributed by atoms with van der Waals surface area (Å²) in [5.41, 5.74) is 1.48. The third-order valence-electron chi connectivity index (χ3n) is 2.61. The molecular formula is C12H12F3N3O. The second-order valence-corrected chi connectivity index (χ2v) is 4.27. The lowest BCUT2D eigenvalue weighted by Gasteiger charge is -2.10. The van der Waals surface area contributed by atoms with Gasteiger partial charge in [-0.1, -0.05) is 35.0 Å². The number of aliphatic hydroxyl groups excluding tert-OH is 1. The van der Waals surface area contributed by atoms with Crippen molar-refractivity contribution < 1.29 is 18.3 Å². The van der Waals surface area contributed by atoms with Crippen LogP contribution in [0.4, 0.5) is 13.2 Å². The minimum atomic E-state index is -4.73. The monoisotopic (exact) mass is 271 g/mol. The zero-order valence-corrected chi connectivity index (χ0v) is 10.1. The molecule has 0 aliphatic rings. The predicted molar refractivity (Wildman–Crippen MR) is 61.3 cm³/mol. The molecule has 0 bridgehead atoms. The lowest BCUT2D eigenvalue weighted by molar-refractivity contribution is -0.208. The van der Waals surface area contributed by atoms with Crippen molar-refractivity contribution in [3.8, 4) is 0 Å². The summed E-state index contributed by atoms with van der Waals surface area (Å²) in [5, 5.41) is 15.9. The van der Waals surface area contributed by atoms with Crippen molar-refractivity contribution in [3.63, 3.8) is 0 Å². The van der Waals surface area contributed by atoms with Crippen LogP contribution in [0.25, 0.3) is 0 Å². The quantitative estimate of drug-likeness (QED) is 0.931. The van der Waals surface area contributed by atoms with Crippen molar-refractivity contribution >= 4 is 0 Å². The summed E-state index contributed by atoms with van der Waals surface area (Å²) in [7, 11) is 0. The number of hydrogen-bond acceptors (Lipinski definition) is 3. The molecule has 0 aliphatic heterocycles. The molecule has 1 atom stereocenters. The smallest absolute Gasteiger partial charge is 0.378 e. The zero-order valence-electron chi connectivity index (χ0n) is 10.1. The van der Waals surface area contributed by atoms with Crippen LogP contribution < -0.4 is 0 Å². The van der Waals surface area contributed by atoms with Crippen molar-refractivity contribution in [3.05, 3.63) is 47.3 Å². The minimum absolute atomic E-state index is 0.303. The molecule has 1 N–H and O–H groups in total. The van der Waals surface area contributed by atoms with Crippen LogP contribution in [-0.2, 0) is 6.54 Å². The molecule has 0 amide bonds. The van der Waals surface area contributed by atoms with Crippen LogP contribution in [0.2, 0.25) is 0 Å². The first kappa shape index (κ1) is 13.5. The Morgan fingerprint density at radius 3 is 2.47 bits per heavy atom. The summed E-state index contributed by atoms with van der Waals surface area (Å²) in [6.07, 6.45) is -6.23. The Balaban J connectivity index is 2.11.